The number of hydrogen-bond donors (Lipinski definition) is 1. The minimum absolute atomic E-state index is 0.298. The molecule has 11 heavy (non-hydrogen) atoms. The van der Waals surface area contributed by atoms with Crippen LogP contribution in [-0.4, -0.2) is 12.0 Å². The lowest BCUT2D eigenvalue weighted by Crippen LogP contribution is -2.12. The van der Waals surface area contributed by atoms with E-state index in [1.165, 1.54) is 11.1 Å². The molecule has 0 saturated heterocycles. The monoisotopic (exact) mass is 165 g/mol. The summed E-state index contributed by atoms with van der Waals surface area (Å²) in [6.45, 7) is 0. The molecule has 0 bridgehead atoms. The third-order valence-corrected chi connectivity index (χ3v) is 2.57. The Morgan fingerprint density at radius 1 is 1.45 bits per heavy atom. The van der Waals surface area contributed by atoms with E-state index in [0.29, 0.717) is 0 Å². The van der Waals surface area contributed by atoms with Crippen molar-refractivity contribution in [2.24, 2.45) is 9.54 Å². The van der Waals surface area contributed by atoms with Gasteiger partial charge in [-0.1, -0.05) is 18.2 Å². The van der Waals surface area contributed by atoms with Crippen LogP contribution in [0.25, 0.3) is 0 Å². The SMILES string of the molecule is N[S+]1CC=C2C=CC=C2C=N1. The van der Waals surface area contributed by atoms with Crippen molar-refractivity contribution in [2.75, 3.05) is 5.75 Å². The Labute approximate surface area is 68.8 Å². The van der Waals surface area contributed by atoms with Gasteiger partial charge in [-0.2, -0.15) is 0 Å². The van der Waals surface area contributed by atoms with Crippen molar-refractivity contribution in [1.29, 1.82) is 0 Å². The molecule has 0 saturated carbocycles. The van der Waals surface area contributed by atoms with Gasteiger partial charge in [0, 0.05) is 5.57 Å². The standard InChI is InChI=1S/C8H8N2S/c9-11-5-4-7-2-1-3-8(7)6-10-11/h1-4,6,9H,5H2/p+1. The zero-order valence-electron chi connectivity index (χ0n) is 6.03. The third-order valence-electron chi connectivity index (χ3n) is 1.69. The fraction of sp³-hybridized carbons (Fsp3) is 0.125. The normalized spacial score (nSPS) is 27.5. The largest absolute Gasteiger partial charge is 0.218 e. The van der Waals surface area contributed by atoms with Gasteiger partial charge in [0.25, 0.3) is 0 Å². The average Bonchev–Trinajstić information content (AvgIpc) is 2.38. The Balaban J connectivity index is 2.35. The van der Waals surface area contributed by atoms with Crippen LogP contribution in [0.1, 0.15) is 0 Å². The summed E-state index contributed by atoms with van der Waals surface area (Å²) in [6, 6.07) is 0. The predicted molar refractivity (Wildman–Crippen MR) is 50.2 cm³/mol. The smallest absolute Gasteiger partial charge is 0.126 e. The predicted octanol–water partition coefficient (Wildman–Crippen LogP) is 0.900. The van der Waals surface area contributed by atoms with E-state index >= 15 is 0 Å². The first-order valence-electron chi connectivity index (χ1n) is 3.44. The topological polar surface area (TPSA) is 38.4 Å². The first kappa shape index (κ1) is 6.88. The van der Waals surface area contributed by atoms with Gasteiger partial charge in [0.05, 0.1) is 6.21 Å². The highest BCUT2D eigenvalue weighted by atomic mass is 32.2. The summed E-state index contributed by atoms with van der Waals surface area (Å²) in [5.41, 5.74) is 2.44. The second kappa shape index (κ2) is 2.68. The maximum atomic E-state index is 5.67. The maximum absolute atomic E-state index is 5.67. The van der Waals surface area contributed by atoms with Gasteiger partial charge in [0.15, 0.2) is 5.75 Å². The molecule has 56 valence electrons. The van der Waals surface area contributed by atoms with Crippen LogP contribution >= 0.6 is 0 Å². The molecule has 0 aromatic carbocycles. The summed E-state index contributed by atoms with van der Waals surface area (Å²) in [7, 11) is 0. The molecule has 3 heteroatoms. The lowest BCUT2D eigenvalue weighted by Gasteiger charge is -1.89. The quantitative estimate of drug-likeness (QED) is 0.532. The Morgan fingerprint density at radius 2 is 2.36 bits per heavy atom. The van der Waals surface area contributed by atoms with Crippen molar-refractivity contribution >= 4 is 17.5 Å². The second-order valence-electron chi connectivity index (χ2n) is 2.44. The van der Waals surface area contributed by atoms with Crippen LogP contribution in [0.4, 0.5) is 0 Å². The number of nitrogens with zero attached hydrogens (tertiary/aromatic N) is 1. The van der Waals surface area contributed by atoms with Gasteiger partial charge in [-0.25, -0.2) is 0 Å². The number of rotatable bonds is 0. The molecule has 0 aromatic rings. The fourth-order valence-electron chi connectivity index (χ4n) is 1.09. The number of nitrogens with two attached hydrogens (primary N) is 1. The van der Waals surface area contributed by atoms with Gasteiger partial charge in [-0.3, -0.25) is 0 Å². The molecule has 0 amide bonds. The van der Waals surface area contributed by atoms with Gasteiger partial charge in [0.2, 0.25) is 11.3 Å². The van der Waals surface area contributed by atoms with Gasteiger partial charge in [-0.15, -0.1) is 5.14 Å². The fourth-order valence-corrected chi connectivity index (χ4v) is 1.78. The van der Waals surface area contributed by atoms with Crippen molar-refractivity contribution in [3.8, 4) is 0 Å². The highest BCUT2D eigenvalue weighted by molar-refractivity contribution is 7.93. The van der Waals surface area contributed by atoms with E-state index < -0.39 is 0 Å². The Bertz CT molecular complexity index is 286. The molecule has 1 atom stereocenters. The van der Waals surface area contributed by atoms with Gasteiger partial charge >= 0.3 is 0 Å². The molecule has 2 N–H and O–H groups in total. The minimum Gasteiger partial charge on any atom is -0.126 e. The molecule has 1 aliphatic heterocycles. The highest BCUT2D eigenvalue weighted by Gasteiger charge is 2.15. The first-order chi connectivity index (χ1) is 5.36. The van der Waals surface area contributed by atoms with E-state index in [0.717, 1.165) is 5.75 Å². The van der Waals surface area contributed by atoms with E-state index in [1.54, 1.807) is 0 Å². The van der Waals surface area contributed by atoms with Crippen LogP contribution in [0.15, 0.2) is 39.8 Å². The molecule has 0 fully saturated rings. The molecule has 1 aliphatic carbocycles. The minimum atomic E-state index is -0.298. The molecule has 0 aromatic heterocycles. The van der Waals surface area contributed by atoms with Crippen molar-refractivity contribution < 1.29 is 0 Å². The first-order valence-corrected chi connectivity index (χ1v) is 4.86. The summed E-state index contributed by atoms with van der Waals surface area (Å²) >= 11 is -0.298. The zero-order chi connectivity index (χ0) is 7.68. The molecule has 1 unspecified atom stereocenters. The van der Waals surface area contributed by atoms with Crippen LogP contribution in [0.5, 0.6) is 0 Å². The average molecular weight is 165 g/mol. The lowest BCUT2D eigenvalue weighted by atomic mass is 10.1. The molecular formula is C8H9N2S+. The molecule has 0 spiro atoms. The summed E-state index contributed by atoms with van der Waals surface area (Å²) in [6.07, 6.45) is 10.2. The molecule has 1 heterocycles. The van der Waals surface area contributed by atoms with Gasteiger partial charge < -0.3 is 0 Å². The van der Waals surface area contributed by atoms with E-state index in [4.69, 9.17) is 5.14 Å². The molecule has 0 radical (unpaired) electrons. The van der Waals surface area contributed by atoms with E-state index in [2.05, 4.69) is 22.6 Å². The highest BCUT2D eigenvalue weighted by Crippen LogP contribution is 2.18. The van der Waals surface area contributed by atoms with Crippen LogP contribution in [0.2, 0.25) is 0 Å². The van der Waals surface area contributed by atoms with Crippen molar-refractivity contribution in [3.63, 3.8) is 0 Å². The van der Waals surface area contributed by atoms with Crippen LogP contribution in [-0.2, 0) is 11.3 Å². The molecule has 2 rings (SSSR count). The van der Waals surface area contributed by atoms with Crippen molar-refractivity contribution in [2.45, 2.75) is 0 Å². The summed E-state index contributed by atoms with van der Waals surface area (Å²) < 4.78 is 4.19. The van der Waals surface area contributed by atoms with Gasteiger partial charge in [-0.05, 0) is 16.0 Å². The van der Waals surface area contributed by atoms with Crippen LogP contribution < -0.4 is 5.14 Å². The van der Waals surface area contributed by atoms with E-state index in [-0.39, 0.29) is 11.3 Å². The second-order valence-corrected chi connectivity index (χ2v) is 3.79. The lowest BCUT2D eigenvalue weighted by molar-refractivity contribution is 1.61. The van der Waals surface area contributed by atoms with Crippen molar-refractivity contribution in [3.05, 3.63) is 35.5 Å². The summed E-state index contributed by atoms with van der Waals surface area (Å²) in [4.78, 5) is 0. The van der Waals surface area contributed by atoms with Gasteiger partial charge in [0.1, 0.15) is 0 Å². The molecule has 2 aliphatic rings. The molecule has 2 nitrogen and oxygen atoms in total. The number of allylic oxidation sites excluding steroid dienone is 5. The summed E-state index contributed by atoms with van der Waals surface area (Å²) in [5, 5.41) is 5.67. The molecular weight excluding hydrogens is 156 g/mol. The Hall–Kier alpha value is -0.800. The number of hydrogen-bond acceptors (Lipinski definition) is 2. The van der Waals surface area contributed by atoms with E-state index in [1.807, 2.05) is 12.3 Å². The summed E-state index contributed by atoms with van der Waals surface area (Å²) in [5.74, 6) is 0.869. The Kier molecular flexibility index (Phi) is 1.68. The number of fused-ring (bicyclic) bond motifs is 1. The Morgan fingerprint density at radius 3 is 3.27 bits per heavy atom. The van der Waals surface area contributed by atoms with Crippen molar-refractivity contribution in [1.82, 2.24) is 0 Å². The third kappa shape index (κ3) is 1.29. The van der Waals surface area contributed by atoms with Crippen LogP contribution in [0, 0.1) is 0 Å². The van der Waals surface area contributed by atoms with Crippen LogP contribution in [0.3, 0.4) is 0 Å². The van der Waals surface area contributed by atoms with E-state index in [9.17, 15) is 0 Å². The maximum Gasteiger partial charge on any atom is 0.218 e. The zero-order valence-corrected chi connectivity index (χ0v) is 6.84.